The van der Waals surface area contributed by atoms with Gasteiger partial charge in [0, 0.05) is 24.7 Å². The van der Waals surface area contributed by atoms with Crippen LogP contribution in [0.25, 0.3) is 0 Å². The van der Waals surface area contributed by atoms with Gasteiger partial charge in [0.05, 0.1) is 18.5 Å². The van der Waals surface area contributed by atoms with Gasteiger partial charge in [-0.3, -0.25) is 14.3 Å². The Bertz CT molecular complexity index is 737. The van der Waals surface area contributed by atoms with Gasteiger partial charge in [0.15, 0.2) is 0 Å². The highest BCUT2D eigenvalue weighted by atomic mass is 32.2. The molecule has 9 nitrogen and oxygen atoms in total. The first-order chi connectivity index (χ1) is 9.67. The van der Waals surface area contributed by atoms with Crippen LogP contribution in [0.4, 0.5) is 0 Å². The number of aromatic nitrogens is 2. The normalized spacial score (nSPS) is 26.1. The van der Waals surface area contributed by atoms with Crippen LogP contribution >= 0.6 is 0 Å². The number of ether oxygens (including phenoxy) is 1. The molecule has 0 saturated carbocycles. The molecule has 1 fully saturated rings. The molecule has 0 amide bonds. The summed E-state index contributed by atoms with van der Waals surface area (Å²) < 4.78 is 31.0. The Balaban J connectivity index is 2.16. The van der Waals surface area contributed by atoms with E-state index in [1.807, 2.05) is 0 Å². The van der Waals surface area contributed by atoms with Crippen molar-refractivity contribution in [3.8, 4) is 0 Å². The van der Waals surface area contributed by atoms with Crippen LogP contribution in [0.1, 0.15) is 18.2 Å². The molecule has 0 aliphatic carbocycles. The van der Waals surface area contributed by atoms with Crippen LogP contribution in [0.2, 0.25) is 0 Å². The summed E-state index contributed by atoms with van der Waals surface area (Å²) in [5.41, 5.74) is -0.782. The second-order valence-electron chi connectivity index (χ2n) is 5.03. The molecule has 0 spiro atoms. The van der Waals surface area contributed by atoms with Gasteiger partial charge in [-0.05, 0) is 6.92 Å². The van der Waals surface area contributed by atoms with E-state index in [1.165, 1.54) is 10.8 Å². The van der Waals surface area contributed by atoms with Crippen molar-refractivity contribution in [3.63, 3.8) is 0 Å². The van der Waals surface area contributed by atoms with E-state index in [9.17, 15) is 23.1 Å². The number of aryl methyl sites for hydroxylation is 1. The van der Waals surface area contributed by atoms with Crippen molar-refractivity contribution in [2.45, 2.75) is 31.8 Å². The molecule has 1 saturated heterocycles. The van der Waals surface area contributed by atoms with Crippen LogP contribution in [0.5, 0.6) is 0 Å². The van der Waals surface area contributed by atoms with Crippen LogP contribution in [-0.4, -0.2) is 48.1 Å². The number of aliphatic hydroxyl groups excluding tert-OH is 1. The fourth-order valence-corrected chi connectivity index (χ4v) is 2.57. The molecular weight excluding hydrogens is 302 g/mol. The Kier molecular flexibility index (Phi) is 4.33. The molecule has 3 N–H and O–H groups in total. The van der Waals surface area contributed by atoms with E-state index in [-0.39, 0.29) is 13.0 Å². The van der Waals surface area contributed by atoms with Crippen LogP contribution in [0, 0.1) is 6.92 Å². The molecule has 1 aliphatic heterocycles. The maximum Gasteiger partial charge on any atom is 0.330 e. The van der Waals surface area contributed by atoms with E-state index in [0.29, 0.717) is 5.56 Å². The minimum Gasteiger partial charge on any atom is -0.390 e. The lowest BCUT2D eigenvalue weighted by atomic mass is 10.2. The lowest BCUT2D eigenvalue weighted by Crippen LogP contribution is -2.37. The molecule has 1 aromatic rings. The Labute approximate surface area is 120 Å². The van der Waals surface area contributed by atoms with E-state index < -0.39 is 39.7 Å². The summed E-state index contributed by atoms with van der Waals surface area (Å²) in [4.78, 5) is 25.2. The number of H-pyrrole nitrogens is 1. The van der Waals surface area contributed by atoms with Gasteiger partial charge in [-0.2, -0.15) is 0 Å². The van der Waals surface area contributed by atoms with Crippen molar-refractivity contribution in [1.29, 1.82) is 0 Å². The van der Waals surface area contributed by atoms with Crippen molar-refractivity contribution < 1.29 is 18.3 Å². The zero-order chi connectivity index (χ0) is 15.8. The van der Waals surface area contributed by atoms with Crippen LogP contribution < -0.4 is 16.0 Å². The van der Waals surface area contributed by atoms with Gasteiger partial charge in [0.25, 0.3) is 5.56 Å². The molecule has 21 heavy (non-hydrogen) atoms. The average Bonchev–Trinajstić information content (AvgIpc) is 2.72. The Morgan fingerprint density at radius 1 is 1.52 bits per heavy atom. The summed E-state index contributed by atoms with van der Waals surface area (Å²) in [7, 11) is -3.39. The minimum absolute atomic E-state index is 0.0897. The van der Waals surface area contributed by atoms with Gasteiger partial charge in [-0.1, -0.05) is 0 Å². The monoisotopic (exact) mass is 319 g/mol. The second-order valence-corrected chi connectivity index (χ2v) is 6.86. The SMILES string of the molecule is Cc1cn([C@H]2C[C@H](O)[C@@H](CNS(C)(=O)=O)O2)c(=O)[nH]c1=O. The predicted octanol–water partition coefficient (Wildman–Crippen LogP) is -1.96. The number of aromatic amines is 1. The summed E-state index contributed by atoms with van der Waals surface area (Å²) in [6.07, 6.45) is 0.0512. The quantitative estimate of drug-likeness (QED) is 0.591. The number of nitrogens with zero attached hydrogens (tertiary/aromatic N) is 1. The van der Waals surface area contributed by atoms with Crippen LogP contribution in [0.15, 0.2) is 15.8 Å². The van der Waals surface area contributed by atoms with Gasteiger partial charge in [0.2, 0.25) is 10.0 Å². The fraction of sp³-hybridized carbons (Fsp3) is 0.636. The standard InChI is InChI=1S/C11H17N3O6S/c1-6-5-14(11(17)13-10(6)16)9-3-7(15)8(20-9)4-12-21(2,18)19/h5,7-9,12,15H,3-4H2,1-2H3,(H,13,16,17)/t7-,8+,9+/m0/s1. The highest BCUT2D eigenvalue weighted by Gasteiger charge is 2.35. The van der Waals surface area contributed by atoms with E-state index in [4.69, 9.17) is 4.74 Å². The predicted molar refractivity (Wildman–Crippen MR) is 73.4 cm³/mol. The summed E-state index contributed by atoms with van der Waals surface area (Å²) in [5, 5.41) is 9.89. The van der Waals surface area contributed by atoms with Crippen molar-refractivity contribution in [3.05, 3.63) is 32.6 Å². The molecule has 3 atom stereocenters. The van der Waals surface area contributed by atoms with Gasteiger partial charge in [-0.25, -0.2) is 17.9 Å². The third-order valence-electron chi connectivity index (χ3n) is 3.21. The zero-order valence-corrected chi connectivity index (χ0v) is 12.4. The fourth-order valence-electron chi connectivity index (χ4n) is 2.10. The number of rotatable bonds is 4. The molecule has 2 heterocycles. The highest BCUT2D eigenvalue weighted by Crippen LogP contribution is 2.27. The van der Waals surface area contributed by atoms with Gasteiger partial charge < -0.3 is 9.84 Å². The number of aliphatic hydroxyl groups is 1. The van der Waals surface area contributed by atoms with Gasteiger partial charge in [0.1, 0.15) is 6.23 Å². The van der Waals surface area contributed by atoms with E-state index in [0.717, 1.165) is 6.26 Å². The van der Waals surface area contributed by atoms with Gasteiger partial charge in [-0.15, -0.1) is 0 Å². The maximum absolute atomic E-state index is 11.7. The summed E-state index contributed by atoms with van der Waals surface area (Å²) in [6, 6.07) is 0. The van der Waals surface area contributed by atoms with Crippen molar-refractivity contribution >= 4 is 10.0 Å². The van der Waals surface area contributed by atoms with E-state index in [2.05, 4.69) is 9.71 Å². The minimum atomic E-state index is -3.39. The lowest BCUT2D eigenvalue weighted by molar-refractivity contribution is -0.0169. The molecule has 1 aliphatic rings. The topological polar surface area (TPSA) is 130 Å². The van der Waals surface area contributed by atoms with Crippen molar-refractivity contribution in [2.75, 3.05) is 12.8 Å². The molecule has 118 valence electrons. The number of hydrogen-bond acceptors (Lipinski definition) is 6. The summed E-state index contributed by atoms with van der Waals surface area (Å²) >= 11 is 0. The van der Waals surface area contributed by atoms with Crippen LogP contribution in [-0.2, 0) is 14.8 Å². The molecule has 0 unspecified atom stereocenters. The largest absolute Gasteiger partial charge is 0.390 e. The third kappa shape index (κ3) is 3.79. The first kappa shape index (κ1) is 15.9. The van der Waals surface area contributed by atoms with Crippen molar-refractivity contribution in [2.24, 2.45) is 0 Å². The average molecular weight is 319 g/mol. The number of hydrogen-bond donors (Lipinski definition) is 3. The third-order valence-corrected chi connectivity index (χ3v) is 3.90. The highest BCUT2D eigenvalue weighted by molar-refractivity contribution is 7.88. The van der Waals surface area contributed by atoms with Gasteiger partial charge >= 0.3 is 5.69 Å². The van der Waals surface area contributed by atoms with E-state index >= 15 is 0 Å². The molecule has 1 aromatic heterocycles. The summed E-state index contributed by atoms with van der Waals surface area (Å²) in [5.74, 6) is 0. The first-order valence-corrected chi connectivity index (χ1v) is 8.17. The molecule has 0 radical (unpaired) electrons. The number of sulfonamides is 1. The smallest absolute Gasteiger partial charge is 0.330 e. The zero-order valence-electron chi connectivity index (χ0n) is 11.6. The van der Waals surface area contributed by atoms with Crippen molar-refractivity contribution in [1.82, 2.24) is 14.3 Å². The van der Waals surface area contributed by atoms with E-state index in [1.54, 1.807) is 6.92 Å². The number of nitrogens with one attached hydrogen (secondary N) is 2. The molecular formula is C11H17N3O6S. The molecule has 0 aromatic carbocycles. The Morgan fingerprint density at radius 2 is 2.19 bits per heavy atom. The lowest BCUT2D eigenvalue weighted by Gasteiger charge is -2.16. The first-order valence-electron chi connectivity index (χ1n) is 6.27. The maximum atomic E-state index is 11.7. The molecule has 0 bridgehead atoms. The van der Waals surface area contributed by atoms with Crippen LogP contribution in [0.3, 0.4) is 0 Å². The summed E-state index contributed by atoms with van der Waals surface area (Å²) in [6.45, 7) is 1.45. The molecule has 10 heteroatoms. The molecule has 2 rings (SSSR count). The second kappa shape index (κ2) is 5.72. The Hall–Kier alpha value is -1.49. The Morgan fingerprint density at radius 3 is 2.81 bits per heavy atom.